The van der Waals surface area contributed by atoms with Gasteiger partial charge in [0.2, 0.25) is 0 Å². The van der Waals surface area contributed by atoms with Gasteiger partial charge in [0.1, 0.15) is 0 Å². The number of alkyl halides is 1. The van der Waals surface area contributed by atoms with Gasteiger partial charge in [-0.3, -0.25) is 0 Å². The molecule has 0 amide bonds. The molecular formula is C10H21Cl. The maximum Gasteiger partial charge on any atom is 0.0359 e. The van der Waals surface area contributed by atoms with Gasteiger partial charge < -0.3 is 0 Å². The van der Waals surface area contributed by atoms with Crippen LogP contribution in [0, 0.1) is 5.92 Å². The molecule has 0 fully saturated rings. The summed E-state index contributed by atoms with van der Waals surface area (Å²) in [6.45, 7) is 6.62. The van der Waals surface area contributed by atoms with Crippen molar-refractivity contribution in [1.82, 2.24) is 0 Å². The van der Waals surface area contributed by atoms with Crippen LogP contribution in [-0.2, 0) is 0 Å². The van der Waals surface area contributed by atoms with E-state index in [1.807, 2.05) is 0 Å². The molecule has 0 nitrogen and oxygen atoms in total. The Kier molecular flexibility index (Phi) is 7.15. The zero-order chi connectivity index (χ0) is 8.69. The lowest BCUT2D eigenvalue weighted by Gasteiger charge is -2.12. The number of halogens is 1. The summed E-state index contributed by atoms with van der Waals surface area (Å²) >= 11 is 6.09. The van der Waals surface area contributed by atoms with Crippen molar-refractivity contribution in [2.75, 3.05) is 0 Å². The van der Waals surface area contributed by atoms with E-state index in [0.29, 0.717) is 11.3 Å². The van der Waals surface area contributed by atoms with Crippen LogP contribution in [-0.4, -0.2) is 5.38 Å². The van der Waals surface area contributed by atoms with Crippen molar-refractivity contribution < 1.29 is 0 Å². The summed E-state index contributed by atoms with van der Waals surface area (Å²) in [6, 6.07) is 0. The Bertz CT molecular complexity index is 78.9. The van der Waals surface area contributed by atoms with E-state index in [0.717, 1.165) is 0 Å². The minimum Gasteiger partial charge on any atom is -0.123 e. The molecule has 0 N–H and O–H groups in total. The molecule has 0 aromatic carbocycles. The molecule has 0 rings (SSSR count). The molecule has 1 atom stereocenters. The molecular weight excluding hydrogens is 156 g/mol. The van der Waals surface area contributed by atoms with Crippen LogP contribution in [0.5, 0.6) is 0 Å². The summed E-state index contributed by atoms with van der Waals surface area (Å²) in [6.07, 6.45) is 6.53. The van der Waals surface area contributed by atoms with Crippen LogP contribution >= 0.6 is 11.6 Å². The van der Waals surface area contributed by atoms with E-state index in [-0.39, 0.29) is 0 Å². The normalized spacial score (nSPS) is 13.9. The minimum absolute atomic E-state index is 0.395. The van der Waals surface area contributed by atoms with Crippen molar-refractivity contribution >= 4 is 11.6 Å². The molecule has 11 heavy (non-hydrogen) atoms. The molecule has 0 bridgehead atoms. The van der Waals surface area contributed by atoms with Crippen LogP contribution in [0.25, 0.3) is 0 Å². The molecule has 0 aromatic rings. The highest BCUT2D eigenvalue weighted by Crippen LogP contribution is 2.17. The summed E-state index contributed by atoms with van der Waals surface area (Å²) < 4.78 is 0. The monoisotopic (exact) mass is 176 g/mol. The highest BCUT2D eigenvalue weighted by Gasteiger charge is 2.07. The second-order valence-corrected chi connectivity index (χ2v) is 4.17. The zero-order valence-electron chi connectivity index (χ0n) is 8.07. The Labute approximate surface area is 76.3 Å². The van der Waals surface area contributed by atoms with Gasteiger partial charge in [0.05, 0.1) is 0 Å². The molecule has 68 valence electrons. The fourth-order valence-electron chi connectivity index (χ4n) is 1.10. The maximum atomic E-state index is 6.09. The Morgan fingerprint density at radius 3 is 2.18 bits per heavy atom. The van der Waals surface area contributed by atoms with Crippen molar-refractivity contribution in [2.45, 2.75) is 58.3 Å². The third-order valence-electron chi connectivity index (χ3n) is 2.06. The fraction of sp³-hybridized carbons (Fsp3) is 1.00. The third kappa shape index (κ3) is 6.68. The second-order valence-electron chi connectivity index (χ2n) is 3.61. The number of hydrogen-bond acceptors (Lipinski definition) is 0. The van der Waals surface area contributed by atoms with Gasteiger partial charge in [-0.2, -0.15) is 0 Å². The minimum atomic E-state index is 0.395. The van der Waals surface area contributed by atoms with Crippen molar-refractivity contribution in [1.29, 1.82) is 0 Å². The number of hydrogen-bond donors (Lipinski definition) is 0. The van der Waals surface area contributed by atoms with Gasteiger partial charge in [0, 0.05) is 5.38 Å². The molecule has 0 radical (unpaired) electrons. The lowest BCUT2D eigenvalue weighted by atomic mass is 10.0. The predicted molar refractivity (Wildman–Crippen MR) is 53.2 cm³/mol. The topological polar surface area (TPSA) is 0 Å². The van der Waals surface area contributed by atoms with E-state index in [2.05, 4.69) is 20.8 Å². The summed E-state index contributed by atoms with van der Waals surface area (Å²) in [7, 11) is 0. The van der Waals surface area contributed by atoms with Crippen LogP contribution in [0.4, 0.5) is 0 Å². The van der Waals surface area contributed by atoms with E-state index in [1.54, 1.807) is 0 Å². The lowest BCUT2D eigenvalue weighted by Crippen LogP contribution is -2.06. The van der Waals surface area contributed by atoms with Gasteiger partial charge in [-0.25, -0.2) is 0 Å². The van der Waals surface area contributed by atoms with Crippen molar-refractivity contribution in [3.8, 4) is 0 Å². The van der Waals surface area contributed by atoms with E-state index < -0.39 is 0 Å². The average Bonchev–Trinajstić information content (AvgIpc) is 1.97. The molecule has 0 aliphatic rings. The maximum absolute atomic E-state index is 6.09. The van der Waals surface area contributed by atoms with Gasteiger partial charge in [0.25, 0.3) is 0 Å². The fourth-order valence-corrected chi connectivity index (χ4v) is 1.25. The standard InChI is InChI=1S/C10H21Cl/c1-4-5-6-7-8-10(11)9(2)3/h9-10H,4-8H2,1-3H3. The third-order valence-corrected chi connectivity index (χ3v) is 2.78. The Hall–Kier alpha value is 0.290. The second kappa shape index (κ2) is 6.97. The molecule has 1 heteroatoms. The first kappa shape index (κ1) is 11.3. The van der Waals surface area contributed by atoms with Crippen LogP contribution in [0.1, 0.15) is 52.9 Å². The van der Waals surface area contributed by atoms with Gasteiger partial charge in [-0.15, -0.1) is 11.6 Å². The van der Waals surface area contributed by atoms with E-state index in [9.17, 15) is 0 Å². The molecule has 0 saturated carbocycles. The summed E-state index contributed by atoms with van der Waals surface area (Å²) in [5.74, 6) is 0.637. The summed E-state index contributed by atoms with van der Waals surface area (Å²) in [5.41, 5.74) is 0. The molecule has 0 aliphatic carbocycles. The average molecular weight is 177 g/mol. The van der Waals surface area contributed by atoms with Crippen LogP contribution in [0.15, 0.2) is 0 Å². The Balaban J connectivity index is 3.10. The van der Waals surface area contributed by atoms with Crippen LogP contribution in [0.3, 0.4) is 0 Å². The van der Waals surface area contributed by atoms with Crippen LogP contribution in [0.2, 0.25) is 0 Å². The van der Waals surface area contributed by atoms with E-state index in [1.165, 1.54) is 32.1 Å². The van der Waals surface area contributed by atoms with Gasteiger partial charge in [0.15, 0.2) is 0 Å². The largest absolute Gasteiger partial charge is 0.123 e. The van der Waals surface area contributed by atoms with Gasteiger partial charge in [-0.1, -0.05) is 46.5 Å². The molecule has 0 aromatic heterocycles. The van der Waals surface area contributed by atoms with Crippen molar-refractivity contribution in [3.63, 3.8) is 0 Å². The van der Waals surface area contributed by atoms with Crippen molar-refractivity contribution in [2.24, 2.45) is 5.92 Å². The quantitative estimate of drug-likeness (QED) is 0.420. The molecule has 0 saturated heterocycles. The zero-order valence-corrected chi connectivity index (χ0v) is 8.82. The smallest absolute Gasteiger partial charge is 0.0359 e. The first-order chi connectivity index (χ1) is 5.18. The van der Waals surface area contributed by atoms with E-state index in [4.69, 9.17) is 11.6 Å². The van der Waals surface area contributed by atoms with Gasteiger partial charge >= 0.3 is 0 Å². The SMILES string of the molecule is CCCCCCC(Cl)C(C)C. The van der Waals surface area contributed by atoms with Crippen LogP contribution < -0.4 is 0 Å². The highest BCUT2D eigenvalue weighted by molar-refractivity contribution is 6.20. The number of unbranched alkanes of at least 4 members (excludes halogenated alkanes) is 3. The first-order valence-electron chi connectivity index (χ1n) is 4.82. The predicted octanol–water partition coefficient (Wildman–Crippen LogP) is 4.22. The summed E-state index contributed by atoms with van der Waals surface area (Å²) in [5, 5.41) is 0.395. The molecule has 0 aliphatic heterocycles. The van der Waals surface area contributed by atoms with Crippen molar-refractivity contribution in [3.05, 3.63) is 0 Å². The molecule has 1 unspecified atom stereocenters. The number of rotatable bonds is 6. The molecule has 0 heterocycles. The lowest BCUT2D eigenvalue weighted by molar-refractivity contribution is 0.526. The van der Waals surface area contributed by atoms with Gasteiger partial charge in [-0.05, 0) is 12.3 Å². The van der Waals surface area contributed by atoms with E-state index >= 15 is 0 Å². The summed E-state index contributed by atoms with van der Waals surface area (Å²) in [4.78, 5) is 0. The first-order valence-corrected chi connectivity index (χ1v) is 5.26. The molecule has 0 spiro atoms. The Morgan fingerprint density at radius 1 is 1.09 bits per heavy atom. The Morgan fingerprint density at radius 2 is 1.73 bits per heavy atom. The highest BCUT2D eigenvalue weighted by atomic mass is 35.5.